The third kappa shape index (κ3) is 3.09. The number of rotatable bonds is 5. The molecule has 1 aliphatic rings. The normalized spacial score (nSPS) is 19.2. The van der Waals surface area contributed by atoms with Gasteiger partial charge in [-0.15, -0.1) is 0 Å². The predicted molar refractivity (Wildman–Crippen MR) is 66.4 cm³/mol. The van der Waals surface area contributed by atoms with Gasteiger partial charge in [0.15, 0.2) is 0 Å². The maximum absolute atomic E-state index is 12.5. The van der Waals surface area contributed by atoms with Gasteiger partial charge < -0.3 is 10.8 Å². The highest BCUT2D eigenvalue weighted by Crippen LogP contribution is 2.46. The van der Waals surface area contributed by atoms with Crippen molar-refractivity contribution in [3.8, 4) is 0 Å². The Morgan fingerprint density at radius 1 is 1.16 bits per heavy atom. The van der Waals surface area contributed by atoms with E-state index in [-0.39, 0.29) is 12.0 Å². The molecule has 1 fully saturated rings. The molecule has 0 amide bonds. The number of halogens is 3. The zero-order valence-corrected chi connectivity index (χ0v) is 10.6. The van der Waals surface area contributed by atoms with Gasteiger partial charge in [-0.25, -0.2) is 0 Å². The first kappa shape index (κ1) is 14.3. The number of hydrogen-bond donors (Lipinski definition) is 2. The summed E-state index contributed by atoms with van der Waals surface area (Å²) in [4.78, 5) is 0. The van der Waals surface area contributed by atoms with Crippen LogP contribution in [0, 0.1) is 11.3 Å². The minimum absolute atomic E-state index is 0.0187. The Morgan fingerprint density at radius 3 is 2.11 bits per heavy atom. The first-order valence-electron chi connectivity index (χ1n) is 6.38. The molecule has 1 aromatic carbocycles. The second-order valence-electron chi connectivity index (χ2n) is 5.37. The first-order chi connectivity index (χ1) is 8.91. The van der Waals surface area contributed by atoms with Crippen molar-refractivity contribution in [3.63, 3.8) is 0 Å². The summed E-state index contributed by atoms with van der Waals surface area (Å²) in [6, 6.07) is 5.12. The summed E-state index contributed by atoms with van der Waals surface area (Å²) >= 11 is 0. The maximum atomic E-state index is 12.5. The van der Waals surface area contributed by atoms with E-state index < -0.39 is 11.7 Å². The molecule has 0 heterocycles. The Bertz CT molecular complexity index is 419. The van der Waals surface area contributed by atoms with Gasteiger partial charge in [0.2, 0.25) is 0 Å². The van der Waals surface area contributed by atoms with Crippen molar-refractivity contribution in [1.82, 2.24) is 0 Å². The second kappa shape index (κ2) is 5.13. The van der Waals surface area contributed by atoms with Gasteiger partial charge in [-0.1, -0.05) is 12.1 Å². The zero-order chi connectivity index (χ0) is 14.1. The summed E-state index contributed by atoms with van der Waals surface area (Å²) in [6.45, 7) is 0.338. The van der Waals surface area contributed by atoms with Crippen molar-refractivity contribution in [2.45, 2.75) is 25.4 Å². The fourth-order valence-electron chi connectivity index (χ4n) is 2.55. The van der Waals surface area contributed by atoms with Gasteiger partial charge in [0.05, 0.1) is 12.2 Å². The number of aliphatic hydroxyl groups excluding tert-OH is 1. The zero-order valence-electron chi connectivity index (χ0n) is 10.6. The summed E-state index contributed by atoms with van der Waals surface area (Å²) in [5, 5.41) is 9.57. The third-order valence-electron chi connectivity index (χ3n) is 4.00. The Kier molecular flexibility index (Phi) is 3.87. The molecule has 2 nitrogen and oxygen atoms in total. The van der Waals surface area contributed by atoms with E-state index >= 15 is 0 Å². The van der Waals surface area contributed by atoms with Crippen molar-refractivity contribution < 1.29 is 18.3 Å². The van der Waals surface area contributed by atoms with Crippen LogP contribution in [0.1, 0.15) is 24.0 Å². The number of benzene rings is 1. The van der Waals surface area contributed by atoms with Gasteiger partial charge in [-0.3, -0.25) is 0 Å². The topological polar surface area (TPSA) is 46.2 Å². The average Bonchev–Trinajstić information content (AvgIpc) is 3.20. The molecule has 0 saturated heterocycles. The lowest BCUT2D eigenvalue weighted by molar-refractivity contribution is -0.137. The fourth-order valence-corrected chi connectivity index (χ4v) is 2.55. The van der Waals surface area contributed by atoms with Crippen LogP contribution in [0.25, 0.3) is 0 Å². The Morgan fingerprint density at radius 2 is 1.74 bits per heavy atom. The summed E-state index contributed by atoms with van der Waals surface area (Å²) in [6.07, 6.45) is -1.70. The molecule has 0 radical (unpaired) electrons. The summed E-state index contributed by atoms with van der Waals surface area (Å²) < 4.78 is 37.4. The Hall–Kier alpha value is -1.07. The lowest BCUT2D eigenvalue weighted by Crippen LogP contribution is -2.38. The molecule has 106 valence electrons. The van der Waals surface area contributed by atoms with E-state index in [1.54, 1.807) is 0 Å². The highest BCUT2D eigenvalue weighted by atomic mass is 19.4. The van der Waals surface area contributed by atoms with Crippen LogP contribution in [0.4, 0.5) is 13.2 Å². The molecular weight excluding hydrogens is 255 g/mol. The van der Waals surface area contributed by atoms with Crippen LogP contribution in [0.5, 0.6) is 0 Å². The van der Waals surface area contributed by atoms with Gasteiger partial charge in [-0.05, 0) is 42.9 Å². The predicted octanol–water partition coefficient (Wildman–Crippen LogP) is 2.60. The Labute approximate surface area is 110 Å². The number of hydrogen-bond acceptors (Lipinski definition) is 2. The smallest absolute Gasteiger partial charge is 0.396 e. The van der Waals surface area contributed by atoms with Crippen molar-refractivity contribution >= 4 is 0 Å². The molecule has 1 unspecified atom stereocenters. The number of alkyl halides is 3. The lowest BCUT2D eigenvalue weighted by atomic mass is 9.77. The molecular formula is C14H18F3NO. The SMILES string of the molecule is NCC(CO)(Cc1ccc(C(F)(F)F)cc1)C1CC1. The van der Waals surface area contributed by atoms with Crippen LogP contribution in [0.15, 0.2) is 24.3 Å². The van der Waals surface area contributed by atoms with Gasteiger partial charge in [-0.2, -0.15) is 13.2 Å². The van der Waals surface area contributed by atoms with Crippen LogP contribution >= 0.6 is 0 Å². The molecule has 0 aromatic heterocycles. The van der Waals surface area contributed by atoms with E-state index in [1.807, 2.05) is 0 Å². The molecule has 2 rings (SSSR count). The molecule has 19 heavy (non-hydrogen) atoms. The van der Waals surface area contributed by atoms with E-state index in [4.69, 9.17) is 5.73 Å². The molecule has 1 saturated carbocycles. The number of aliphatic hydroxyl groups is 1. The number of nitrogens with two attached hydrogens (primary N) is 1. The molecule has 1 atom stereocenters. The van der Waals surface area contributed by atoms with Crippen LogP contribution in [0.2, 0.25) is 0 Å². The monoisotopic (exact) mass is 273 g/mol. The van der Waals surface area contributed by atoms with Gasteiger partial charge in [0.25, 0.3) is 0 Å². The minimum atomic E-state index is -4.31. The molecule has 0 bridgehead atoms. The second-order valence-corrected chi connectivity index (χ2v) is 5.37. The lowest BCUT2D eigenvalue weighted by Gasteiger charge is -2.30. The fraction of sp³-hybridized carbons (Fsp3) is 0.571. The van der Waals surface area contributed by atoms with Gasteiger partial charge in [0, 0.05) is 12.0 Å². The van der Waals surface area contributed by atoms with E-state index in [9.17, 15) is 18.3 Å². The molecule has 1 aliphatic carbocycles. The molecule has 1 aromatic rings. The summed E-state index contributed by atoms with van der Waals surface area (Å²) in [5.74, 6) is 0.393. The first-order valence-corrected chi connectivity index (χ1v) is 6.38. The molecule has 0 aliphatic heterocycles. The van der Waals surface area contributed by atoms with Gasteiger partial charge in [0.1, 0.15) is 0 Å². The van der Waals surface area contributed by atoms with E-state index in [1.165, 1.54) is 12.1 Å². The highest BCUT2D eigenvalue weighted by Gasteiger charge is 2.43. The van der Waals surface area contributed by atoms with Crippen LogP contribution < -0.4 is 5.73 Å². The van der Waals surface area contributed by atoms with Crippen molar-refractivity contribution in [1.29, 1.82) is 0 Å². The third-order valence-corrected chi connectivity index (χ3v) is 4.00. The van der Waals surface area contributed by atoms with E-state index in [0.717, 1.165) is 30.5 Å². The maximum Gasteiger partial charge on any atom is 0.416 e. The van der Waals surface area contributed by atoms with E-state index in [0.29, 0.717) is 18.9 Å². The largest absolute Gasteiger partial charge is 0.416 e. The van der Waals surface area contributed by atoms with Crippen molar-refractivity contribution in [2.24, 2.45) is 17.1 Å². The quantitative estimate of drug-likeness (QED) is 0.866. The molecule has 3 N–H and O–H groups in total. The van der Waals surface area contributed by atoms with Crippen LogP contribution in [-0.2, 0) is 12.6 Å². The van der Waals surface area contributed by atoms with Crippen LogP contribution in [-0.4, -0.2) is 18.3 Å². The minimum Gasteiger partial charge on any atom is -0.396 e. The average molecular weight is 273 g/mol. The molecule has 0 spiro atoms. The van der Waals surface area contributed by atoms with Gasteiger partial charge >= 0.3 is 6.18 Å². The van der Waals surface area contributed by atoms with E-state index in [2.05, 4.69) is 0 Å². The highest BCUT2D eigenvalue weighted by molar-refractivity contribution is 5.26. The standard InChI is InChI=1S/C14H18F3NO/c15-14(16,17)12-3-1-10(2-4-12)7-13(8-18,9-19)11-5-6-11/h1-4,11,19H,5-9,18H2. The summed E-state index contributed by atoms with van der Waals surface area (Å²) in [5.41, 5.74) is 5.53. The Balaban J connectivity index is 2.14. The van der Waals surface area contributed by atoms with Crippen molar-refractivity contribution in [2.75, 3.05) is 13.2 Å². The van der Waals surface area contributed by atoms with Crippen molar-refractivity contribution in [3.05, 3.63) is 35.4 Å². The van der Waals surface area contributed by atoms with Crippen LogP contribution in [0.3, 0.4) is 0 Å². The summed E-state index contributed by atoms with van der Waals surface area (Å²) in [7, 11) is 0. The molecule has 5 heteroatoms.